The Balaban J connectivity index is 2.08. The lowest BCUT2D eigenvalue weighted by Crippen LogP contribution is -2.28. The highest BCUT2D eigenvalue weighted by Gasteiger charge is 2.13. The normalized spacial score (nSPS) is 11.8. The summed E-state index contributed by atoms with van der Waals surface area (Å²) in [4.78, 5) is 10.3. The summed E-state index contributed by atoms with van der Waals surface area (Å²) in [5.41, 5.74) is 3.52. The van der Waals surface area contributed by atoms with E-state index in [1.54, 1.807) is 12.1 Å². The van der Waals surface area contributed by atoms with E-state index < -0.39 is 4.92 Å². The van der Waals surface area contributed by atoms with Crippen LogP contribution in [0.3, 0.4) is 0 Å². The average Bonchev–Trinajstić information content (AvgIpc) is 2.94. The Hall–Kier alpha value is -3.29. The van der Waals surface area contributed by atoms with Crippen LogP contribution in [0.2, 0.25) is 0 Å². The fraction of sp³-hybridized carbons (Fsp3) is 0.381. The van der Waals surface area contributed by atoms with Crippen molar-refractivity contribution in [3.05, 3.63) is 64.3 Å². The van der Waals surface area contributed by atoms with Gasteiger partial charge in [-0.25, -0.2) is 0 Å². The van der Waals surface area contributed by atoms with Gasteiger partial charge in [0, 0.05) is 25.2 Å². The third kappa shape index (κ3) is 4.77. The first-order valence-electron chi connectivity index (χ1n) is 9.74. The summed E-state index contributed by atoms with van der Waals surface area (Å²) in [7, 11) is 0. The van der Waals surface area contributed by atoms with E-state index in [-0.39, 0.29) is 5.69 Å². The monoisotopic (exact) mass is 394 g/mol. The number of nitro groups is 1. The van der Waals surface area contributed by atoms with Crippen molar-refractivity contribution in [2.75, 3.05) is 0 Å². The van der Waals surface area contributed by atoms with E-state index >= 15 is 0 Å². The van der Waals surface area contributed by atoms with E-state index in [0.717, 1.165) is 29.7 Å². The molecule has 8 heteroatoms. The molecule has 0 aliphatic rings. The molecule has 0 aliphatic carbocycles. The van der Waals surface area contributed by atoms with Gasteiger partial charge < -0.3 is 9.13 Å². The summed E-state index contributed by atoms with van der Waals surface area (Å²) in [6, 6.07) is 14.2. The molecule has 0 saturated heterocycles. The van der Waals surface area contributed by atoms with Gasteiger partial charge in [0.05, 0.1) is 21.6 Å². The molecule has 0 fully saturated rings. The number of para-hydroxylation sites is 2. The summed E-state index contributed by atoms with van der Waals surface area (Å²) >= 11 is 0. The number of hydrogen-bond acceptors (Lipinski definition) is 4. The number of fused-ring (bicyclic) bond motifs is 1. The second kappa shape index (κ2) is 8.81. The maximum atomic E-state index is 10.8. The van der Waals surface area contributed by atoms with Crippen LogP contribution in [0.15, 0.2) is 64.0 Å². The molecular formula is C21H26N6O2. The van der Waals surface area contributed by atoms with Gasteiger partial charge in [-0.15, -0.1) is 5.11 Å². The van der Waals surface area contributed by atoms with Gasteiger partial charge in [-0.05, 0) is 41.3 Å². The van der Waals surface area contributed by atoms with Crippen molar-refractivity contribution in [3.63, 3.8) is 0 Å². The van der Waals surface area contributed by atoms with E-state index in [9.17, 15) is 10.1 Å². The summed E-state index contributed by atoms with van der Waals surface area (Å²) in [6.45, 7) is 10.3. The predicted molar refractivity (Wildman–Crippen MR) is 113 cm³/mol. The van der Waals surface area contributed by atoms with Crippen molar-refractivity contribution in [2.24, 2.45) is 27.3 Å². The first kappa shape index (κ1) is 20.4. The molecule has 0 unspecified atom stereocenters. The third-order valence-electron chi connectivity index (χ3n) is 4.40. The van der Waals surface area contributed by atoms with E-state index in [2.05, 4.69) is 64.4 Å². The lowest BCUT2D eigenvalue weighted by molar-refractivity contribution is -0.384. The second-order valence-electron chi connectivity index (χ2n) is 7.86. The largest absolute Gasteiger partial charge is 0.308 e. The number of aromatic nitrogens is 2. The Morgan fingerprint density at radius 3 is 1.86 bits per heavy atom. The molecule has 3 aromatic rings. The zero-order chi connectivity index (χ0) is 21.0. The van der Waals surface area contributed by atoms with Crippen molar-refractivity contribution in [2.45, 2.75) is 40.8 Å². The molecule has 0 atom stereocenters. The first-order valence-corrected chi connectivity index (χ1v) is 9.74. The molecule has 0 aliphatic heterocycles. The summed E-state index contributed by atoms with van der Waals surface area (Å²) in [5, 5.41) is 23.4. The molecule has 0 radical (unpaired) electrons. The molecule has 0 saturated carbocycles. The first-order chi connectivity index (χ1) is 13.9. The summed E-state index contributed by atoms with van der Waals surface area (Å²) < 4.78 is 4.36. The van der Waals surface area contributed by atoms with Gasteiger partial charge in [0.2, 0.25) is 5.62 Å². The lowest BCUT2D eigenvalue weighted by atomic mass is 10.2. The van der Waals surface area contributed by atoms with Crippen LogP contribution in [0.4, 0.5) is 11.4 Å². The van der Waals surface area contributed by atoms with Crippen LogP contribution in [0.25, 0.3) is 11.0 Å². The molecule has 29 heavy (non-hydrogen) atoms. The van der Waals surface area contributed by atoms with E-state index in [0.29, 0.717) is 17.5 Å². The molecule has 0 amide bonds. The van der Waals surface area contributed by atoms with Crippen LogP contribution in [0.5, 0.6) is 0 Å². The van der Waals surface area contributed by atoms with Gasteiger partial charge in [-0.1, -0.05) is 44.9 Å². The number of nitro benzene ring substituents is 1. The molecule has 152 valence electrons. The van der Waals surface area contributed by atoms with Crippen LogP contribution in [-0.2, 0) is 13.1 Å². The number of imidazole rings is 1. The third-order valence-corrected chi connectivity index (χ3v) is 4.40. The molecule has 0 spiro atoms. The Kier molecular flexibility index (Phi) is 6.21. The van der Waals surface area contributed by atoms with Crippen LogP contribution < -0.4 is 5.62 Å². The fourth-order valence-electron chi connectivity index (χ4n) is 3.24. The maximum Gasteiger partial charge on any atom is 0.269 e. The smallest absolute Gasteiger partial charge is 0.269 e. The number of non-ortho nitro benzene ring substituents is 1. The van der Waals surface area contributed by atoms with Gasteiger partial charge >= 0.3 is 0 Å². The van der Waals surface area contributed by atoms with Crippen molar-refractivity contribution in [1.82, 2.24) is 9.13 Å². The molecule has 0 N–H and O–H groups in total. The minimum atomic E-state index is -0.440. The highest BCUT2D eigenvalue weighted by molar-refractivity contribution is 5.75. The average molecular weight is 394 g/mol. The second-order valence-corrected chi connectivity index (χ2v) is 7.86. The summed E-state index contributed by atoms with van der Waals surface area (Å²) in [6.07, 6.45) is 0. The topological polar surface area (TPSA) is 90.1 Å². The van der Waals surface area contributed by atoms with E-state index in [1.807, 2.05) is 12.1 Å². The zero-order valence-electron chi connectivity index (χ0n) is 17.2. The van der Waals surface area contributed by atoms with Crippen molar-refractivity contribution in [1.29, 1.82) is 0 Å². The quantitative estimate of drug-likeness (QED) is 0.311. The summed E-state index contributed by atoms with van der Waals surface area (Å²) in [5.74, 6) is 0.887. The molecule has 8 nitrogen and oxygen atoms in total. The SMILES string of the molecule is CC(C)Cn1c(=NN=Nc2ccc([N+](=O)[O-])cc2)n(CC(C)C)c2ccccc21. The van der Waals surface area contributed by atoms with Gasteiger partial charge in [0.25, 0.3) is 5.69 Å². The predicted octanol–water partition coefficient (Wildman–Crippen LogP) is 5.26. The molecule has 0 bridgehead atoms. The minimum absolute atomic E-state index is 0.0210. The van der Waals surface area contributed by atoms with Gasteiger partial charge in [0.15, 0.2) is 0 Å². The van der Waals surface area contributed by atoms with Gasteiger partial charge in [-0.3, -0.25) is 10.1 Å². The molecule has 1 aromatic heterocycles. The minimum Gasteiger partial charge on any atom is -0.308 e. The molecular weight excluding hydrogens is 368 g/mol. The Bertz CT molecular complexity index is 1040. The number of hydrogen-bond donors (Lipinski definition) is 0. The Labute approximate surface area is 169 Å². The number of benzene rings is 2. The fourth-order valence-corrected chi connectivity index (χ4v) is 3.24. The highest BCUT2D eigenvalue weighted by atomic mass is 16.6. The Morgan fingerprint density at radius 1 is 0.897 bits per heavy atom. The van der Waals surface area contributed by atoms with E-state index in [1.165, 1.54) is 12.1 Å². The van der Waals surface area contributed by atoms with Crippen LogP contribution >= 0.6 is 0 Å². The Morgan fingerprint density at radius 2 is 1.41 bits per heavy atom. The van der Waals surface area contributed by atoms with Crippen LogP contribution in [-0.4, -0.2) is 14.1 Å². The molecule has 3 rings (SSSR count). The molecule has 2 aromatic carbocycles. The van der Waals surface area contributed by atoms with Gasteiger partial charge in [0.1, 0.15) is 0 Å². The lowest BCUT2D eigenvalue weighted by Gasteiger charge is -2.09. The highest BCUT2D eigenvalue weighted by Crippen LogP contribution is 2.19. The van der Waals surface area contributed by atoms with Crippen molar-refractivity contribution >= 4 is 22.4 Å². The number of nitrogens with zero attached hydrogens (tertiary/aromatic N) is 6. The number of rotatable bonds is 7. The molecule has 1 heterocycles. The van der Waals surface area contributed by atoms with E-state index in [4.69, 9.17) is 0 Å². The maximum absolute atomic E-state index is 10.8. The van der Waals surface area contributed by atoms with Crippen LogP contribution in [0, 0.1) is 22.0 Å². The van der Waals surface area contributed by atoms with Crippen LogP contribution in [0.1, 0.15) is 27.7 Å². The van der Waals surface area contributed by atoms with Gasteiger partial charge in [-0.2, -0.15) is 0 Å². The van der Waals surface area contributed by atoms with Crippen molar-refractivity contribution in [3.8, 4) is 0 Å². The zero-order valence-corrected chi connectivity index (χ0v) is 17.2. The van der Waals surface area contributed by atoms with Crippen molar-refractivity contribution < 1.29 is 4.92 Å². The standard InChI is InChI=1S/C21H26N6O2/c1-15(2)13-25-19-7-5-6-8-20(19)26(14-16(3)4)21(25)23-24-22-17-9-11-18(12-10-17)27(28)29/h5-12,15-16H,13-14H2,1-4H3.